The molecule has 8 nitrogen and oxygen atoms in total. The van der Waals surface area contributed by atoms with Crippen LogP contribution in [0.15, 0.2) is 41.3 Å². The van der Waals surface area contributed by atoms with Gasteiger partial charge in [0.1, 0.15) is 5.82 Å². The van der Waals surface area contributed by atoms with Gasteiger partial charge in [-0.3, -0.25) is 4.79 Å². The van der Waals surface area contributed by atoms with Crippen molar-refractivity contribution in [2.75, 3.05) is 31.6 Å². The summed E-state index contributed by atoms with van der Waals surface area (Å²) < 4.78 is 34.5. The number of amides is 1. The van der Waals surface area contributed by atoms with Crippen molar-refractivity contribution in [3.63, 3.8) is 0 Å². The van der Waals surface area contributed by atoms with Crippen LogP contribution in [0.2, 0.25) is 0 Å². The first-order valence-electron chi connectivity index (χ1n) is 10.7. The topological polar surface area (TPSA) is 93.5 Å². The molecule has 1 aliphatic rings. The number of aryl methyl sites for hydroxylation is 3. The van der Waals surface area contributed by atoms with Crippen LogP contribution in [0.25, 0.3) is 11.0 Å². The zero-order chi connectivity index (χ0) is 22.9. The van der Waals surface area contributed by atoms with Crippen LogP contribution < -0.4 is 5.32 Å². The Morgan fingerprint density at radius 1 is 1.16 bits per heavy atom. The van der Waals surface area contributed by atoms with Crippen molar-refractivity contribution in [2.24, 2.45) is 7.05 Å². The maximum absolute atomic E-state index is 12.9. The van der Waals surface area contributed by atoms with Crippen molar-refractivity contribution >= 4 is 32.7 Å². The van der Waals surface area contributed by atoms with E-state index >= 15 is 0 Å². The smallest absolute Gasteiger partial charge is 0.243 e. The average Bonchev–Trinajstić information content (AvgIpc) is 3.11. The molecule has 0 aliphatic carbocycles. The summed E-state index contributed by atoms with van der Waals surface area (Å²) in [7, 11) is -1.71. The molecule has 1 N–H and O–H groups in total. The minimum absolute atomic E-state index is 0.0821. The highest BCUT2D eigenvalue weighted by molar-refractivity contribution is 7.89. The number of carbonyl (C=O) groups excluding carboxylic acids is 1. The second-order valence-corrected chi connectivity index (χ2v) is 9.99. The van der Waals surface area contributed by atoms with Crippen molar-refractivity contribution in [1.29, 1.82) is 0 Å². The summed E-state index contributed by atoms with van der Waals surface area (Å²) in [6.45, 7) is 5.50. The van der Waals surface area contributed by atoms with Crippen LogP contribution in [0.5, 0.6) is 0 Å². The molecule has 170 valence electrons. The molecule has 9 heteroatoms. The van der Waals surface area contributed by atoms with Gasteiger partial charge in [0.15, 0.2) is 0 Å². The number of nitrogens with one attached hydrogen (secondary N) is 1. The highest BCUT2D eigenvalue weighted by Gasteiger charge is 2.27. The summed E-state index contributed by atoms with van der Waals surface area (Å²) in [5.41, 5.74) is 4.43. The molecule has 32 heavy (non-hydrogen) atoms. The summed E-state index contributed by atoms with van der Waals surface area (Å²) in [5.74, 6) is 0.651. The predicted molar refractivity (Wildman–Crippen MR) is 123 cm³/mol. The minimum Gasteiger partial charge on any atom is -0.379 e. The molecule has 4 rings (SSSR count). The largest absolute Gasteiger partial charge is 0.379 e. The molecule has 0 spiro atoms. The number of sulfonamides is 1. The van der Waals surface area contributed by atoms with Gasteiger partial charge in [0.05, 0.1) is 29.1 Å². The molecule has 1 amide bonds. The van der Waals surface area contributed by atoms with Crippen LogP contribution in [0.3, 0.4) is 0 Å². The Morgan fingerprint density at radius 3 is 2.66 bits per heavy atom. The minimum atomic E-state index is -3.59. The number of hydrogen-bond donors (Lipinski definition) is 1. The predicted octanol–water partition coefficient (Wildman–Crippen LogP) is 2.78. The van der Waals surface area contributed by atoms with Crippen LogP contribution in [-0.2, 0) is 33.0 Å². The third-order valence-electron chi connectivity index (χ3n) is 6.01. The van der Waals surface area contributed by atoms with E-state index in [1.165, 1.54) is 4.31 Å². The molecule has 0 atom stereocenters. The van der Waals surface area contributed by atoms with Gasteiger partial charge in [0.2, 0.25) is 15.9 Å². The molecule has 2 heterocycles. The molecule has 2 aromatic carbocycles. The monoisotopic (exact) mass is 456 g/mol. The van der Waals surface area contributed by atoms with E-state index in [0.29, 0.717) is 38.2 Å². The third-order valence-corrected chi connectivity index (χ3v) is 7.90. The van der Waals surface area contributed by atoms with Crippen LogP contribution in [0.4, 0.5) is 5.69 Å². The van der Waals surface area contributed by atoms with Crippen molar-refractivity contribution in [1.82, 2.24) is 13.9 Å². The Labute approximate surface area is 188 Å². The molecule has 0 bridgehead atoms. The number of fused-ring (bicyclic) bond motifs is 1. The summed E-state index contributed by atoms with van der Waals surface area (Å²) >= 11 is 0. The first-order valence-corrected chi connectivity index (χ1v) is 12.1. The molecule has 1 fully saturated rings. The first kappa shape index (κ1) is 22.4. The van der Waals surface area contributed by atoms with Crippen LogP contribution in [0.1, 0.15) is 23.4 Å². The maximum atomic E-state index is 12.9. The second kappa shape index (κ2) is 9.01. The number of anilines is 1. The third kappa shape index (κ3) is 4.41. The average molecular weight is 457 g/mol. The van der Waals surface area contributed by atoms with Gasteiger partial charge in [-0.25, -0.2) is 13.4 Å². The fourth-order valence-electron chi connectivity index (χ4n) is 3.87. The van der Waals surface area contributed by atoms with Crippen molar-refractivity contribution in [3.8, 4) is 0 Å². The van der Waals surface area contributed by atoms with Crippen LogP contribution in [-0.4, -0.2) is 54.5 Å². The van der Waals surface area contributed by atoms with Gasteiger partial charge in [0, 0.05) is 38.7 Å². The van der Waals surface area contributed by atoms with Crippen LogP contribution >= 0.6 is 0 Å². The highest BCUT2D eigenvalue weighted by Crippen LogP contribution is 2.24. The number of hydrogen-bond acceptors (Lipinski definition) is 5. The van der Waals surface area contributed by atoms with Gasteiger partial charge in [-0.1, -0.05) is 12.1 Å². The van der Waals surface area contributed by atoms with E-state index in [4.69, 9.17) is 4.74 Å². The number of rotatable bonds is 6. The Balaban J connectivity index is 1.49. The van der Waals surface area contributed by atoms with E-state index in [1.807, 2.05) is 43.7 Å². The van der Waals surface area contributed by atoms with Crippen molar-refractivity contribution < 1.29 is 17.9 Å². The lowest BCUT2D eigenvalue weighted by Crippen LogP contribution is -2.40. The number of morpholine rings is 1. The number of carbonyl (C=O) groups is 1. The quantitative estimate of drug-likeness (QED) is 0.616. The Bertz CT molecular complexity index is 1260. The van der Waals surface area contributed by atoms with Crippen molar-refractivity contribution in [3.05, 3.63) is 53.3 Å². The molecular formula is C23H28N4O4S. The molecule has 0 saturated carbocycles. The Morgan fingerprint density at radius 2 is 1.91 bits per heavy atom. The van der Waals surface area contributed by atoms with Crippen LogP contribution in [0, 0.1) is 13.8 Å². The molecule has 1 aliphatic heterocycles. The van der Waals surface area contributed by atoms with Gasteiger partial charge >= 0.3 is 0 Å². The molecule has 0 radical (unpaired) electrons. The number of imidazole rings is 1. The van der Waals surface area contributed by atoms with Gasteiger partial charge in [0.25, 0.3) is 0 Å². The zero-order valence-corrected chi connectivity index (χ0v) is 19.4. The van der Waals surface area contributed by atoms with E-state index in [0.717, 1.165) is 28.2 Å². The number of nitrogens with zero attached hydrogens (tertiary/aromatic N) is 3. The first-order chi connectivity index (χ1) is 15.3. The van der Waals surface area contributed by atoms with Gasteiger partial charge < -0.3 is 14.6 Å². The number of aromatic nitrogens is 2. The Hall–Kier alpha value is -2.75. The van der Waals surface area contributed by atoms with E-state index in [-0.39, 0.29) is 17.2 Å². The normalized spacial score (nSPS) is 15.2. The number of ether oxygens (including phenoxy) is 1. The molecule has 3 aromatic rings. The van der Waals surface area contributed by atoms with E-state index < -0.39 is 10.0 Å². The zero-order valence-electron chi connectivity index (χ0n) is 18.6. The van der Waals surface area contributed by atoms with E-state index in [1.54, 1.807) is 18.2 Å². The maximum Gasteiger partial charge on any atom is 0.243 e. The highest BCUT2D eigenvalue weighted by atomic mass is 32.2. The lowest BCUT2D eigenvalue weighted by Gasteiger charge is -2.26. The second-order valence-electron chi connectivity index (χ2n) is 8.05. The number of benzene rings is 2. The standard InChI is InChI=1S/C23H28N4O4S/c1-16-5-4-6-19(17(16)2)25-23(28)10-9-22-24-20-15-18(7-8-21(20)26(22)3)32(29,30)27-11-13-31-14-12-27/h4-8,15H,9-14H2,1-3H3,(H,25,28). The molecule has 1 aromatic heterocycles. The summed E-state index contributed by atoms with van der Waals surface area (Å²) in [4.78, 5) is 17.3. The molecule has 1 saturated heterocycles. The fraction of sp³-hybridized carbons (Fsp3) is 0.391. The lowest BCUT2D eigenvalue weighted by atomic mass is 10.1. The van der Waals surface area contributed by atoms with Gasteiger partial charge in [-0.15, -0.1) is 0 Å². The Kier molecular flexibility index (Phi) is 6.32. The SMILES string of the molecule is Cc1cccc(NC(=O)CCc2nc3cc(S(=O)(=O)N4CCOCC4)ccc3n2C)c1C. The van der Waals surface area contributed by atoms with E-state index in [9.17, 15) is 13.2 Å². The molecular weight excluding hydrogens is 428 g/mol. The van der Waals surface area contributed by atoms with E-state index in [2.05, 4.69) is 10.3 Å². The summed E-state index contributed by atoms with van der Waals surface area (Å²) in [5, 5.41) is 2.97. The lowest BCUT2D eigenvalue weighted by molar-refractivity contribution is -0.116. The molecule has 0 unspecified atom stereocenters. The summed E-state index contributed by atoms with van der Waals surface area (Å²) in [6.07, 6.45) is 0.733. The van der Waals surface area contributed by atoms with Gasteiger partial charge in [-0.05, 0) is 49.2 Å². The fourth-order valence-corrected chi connectivity index (χ4v) is 5.30. The summed E-state index contributed by atoms with van der Waals surface area (Å²) in [6, 6.07) is 10.8. The van der Waals surface area contributed by atoms with Gasteiger partial charge in [-0.2, -0.15) is 4.31 Å². The van der Waals surface area contributed by atoms with Crippen molar-refractivity contribution in [2.45, 2.75) is 31.6 Å².